The molecule has 138 valence electrons. The summed E-state index contributed by atoms with van der Waals surface area (Å²) in [5.41, 5.74) is -0.315. The molecule has 4 amide bonds. The standard InChI is InChI=1S/C19H29N3O3/c1-17(2)12-6-7-18(17,3)13(10-12)20-14(23)11-4-8-19(9-5-11)15(24)21-16(25)22-19/h11-13H,4-10H2,1-3H3,(H,20,23)(H2,21,22,24,25). The first kappa shape index (κ1) is 16.9. The van der Waals surface area contributed by atoms with Gasteiger partial charge in [0, 0.05) is 12.0 Å². The van der Waals surface area contributed by atoms with Gasteiger partial charge in [-0.1, -0.05) is 20.8 Å². The molecule has 1 heterocycles. The minimum atomic E-state index is -0.783. The first-order valence-corrected chi connectivity index (χ1v) is 9.62. The maximum atomic E-state index is 12.8. The predicted molar refractivity (Wildman–Crippen MR) is 92.5 cm³/mol. The molecule has 1 saturated heterocycles. The number of fused-ring (bicyclic) bond motifs is 2. The predicted octanol–water partition coefficient (Wildman–Crippen LogP) is 2.09. The lowest BCUT2D eigenvalue weighted by Crippen LogP contribution is -2.53. The zero-order valence-corrected chi connectivity index (χ0v) is 15.4. The summed E-state index contributed by atoms with van der Waals surface area (Å²) < 4.78 is 0. The topological polar surface area (TPSA) is 87.3 Å². The molecule has 3 unspecified atom stereocenters. The highest BCUT2D eigenvalue weighted by Gasteiger charge is 2.61. The Bertz CT molecular complexity index is 636. The quantitative estimate of drug-likeness (QED) is 0.669. The summed E-state index contributed by atoms with van der Waals surface area (Å²) in [6.07, 6.45) is 5.93. The van der Waals surface area contributed by atoms with Crippen molar-refractivity contribution in [3.8, 4) is 0 Å². The number of amides is 4. The van der Waals surface area contributed by atoms with Gasteiger partial charge in [-0.3, -0.25) is 14.9 Å². The monoisotopic (exact) mass is 347 g/mol. The van der Waals surface area contributed by atoms with E-state index in [0.29, 0.717) is 31.6 Å². The lowest BCUT2D eigenvalue weighted by Gasteiger charge is -2.40. The van der Waals surface area contributed by atoms with Crippen molar-refractivity contribution >= 4 is 17.8 Å². The second kappa shape index (κ2) is 5.21. The van der Waals surface area contributed by atoms with Gasteiger partial charge in [-0.2, -0.15) is 0 Å². The summed E-state index contributed by atoms with van der Waals surface area (Å²) in [5.74, 6) is 0.546. The summed E-state index contributed by atoms with van der Waals surface area (Å²) in [6, 6.07) is -0.149. The molecule has 3 aliphatic carbocycles. The molecule has 25 heavy (non-hydrogen) atoms. The molecule has 0 aromatic carbocycles. The highest BCUT2D eigenvalue weighted by atomic mass is 16.2. The number of hydrogen-bond donors (Lipinski definition) is 3. The number of hydrogen-bond acceptors (Lipinski definition) is 3. The molecule has 3 saturated carbocycles. The Labute approximate surface area is 148 Å². The van der Waals surface area contributed by atoms with Crippen LogP contribution in [0, 0.1) is 22.7 Å². The van der Waals surface area contributed by atoms with Gasteiger partial charge >= 0.3 is 6.03 Å². The van der Waals surface area contributed by atoms with E-state index in [1.165, 1.54) is 12.8 Å². The number of imide groups is 1. The van der Waals surface area contributed by atoms with Crippen LogP contribution in [-0.2, 0) is 9.59 Å². The number of carbonyl (C=O) groups excluding carboxylic acids is 3. The third-order valence-corrected chi connectivity index (χ3v) is 8.33. The maximum absolute atomic E-state index is 12.8. The van der Waals surface area contributed by atoms with Gasteiger partial charge in [-0.25, -0.2) is 4.79 Å². The van der Waals surface area contributed by atoms with Crippen LogP contribution in [0.25, 0.3) is 0 Å². The van der Waals surface area contributed by atoms with Crippen LogP contribution >= 0.6 is 0 Å². The van der Waals surface area contributed by atoms with E-state index in [-0.39, 0.29) is 34.6 Å². The van der Waals surface area contributed by atoms with Gasteiger partial charge in [-0.05, 0) is 61.7 Å². The Hall–Kier alpha value is -1.59. The zero-order valence-electron chi connectivity index (χ0n) is 15.4. The third kappa shape index (κ3) is 2.25. The Morgan fingerprint density at radius 2 is 1.76 bits per heavy atom. The number of rotatable bonds is 2. The first-order valence-electron chi connectivity index (χ1n) is 9.62. The van der Waals surface area contributed by atoms with Gasteiger partial charge in [0.1, 0.15) is 5.54 Å². The molecule has 4 rings (SSSR count). The van der Waals surface area contributed by atoms with Crippen LogP contribution in [0.3, 0.4) is 0 Å². The number of nitrogens with one attached hydrogen (secondary N) is 3. The SMILES string of the molecule is CC1(C)C2CCC1(C)C(NC(=O)C1CCC3(CC1)NC(=O)NC3=O)C2. The van der Waals surface area contributed by atoms with Crippen molar-refractivity contribution in [2.24, 2.45) is 22.7 Å². The van der Waals surface area contributed by atoms with E-state index in [0.717, 1.165) is 6.42 Å². The lowest BCUT2D eigenvalue weighted by atomic mass is 9.69. The van der Waals surface area contributed by atoms with Crippen molar-refractivity contribution in [3.63, 3.8) is 0 Å². The molecule has 6 heteroatoms. The Morgan fingerprint density at radius 1 is 1.08 bits per heavy atom. The van der Waals surface area contributed by atoms with E-state index in [2.05, 4.69) is 36.7 Å². The molecule has 0 aromatic heterocycles. The van der Waals surface area contributed by atoms with Gasteiger partial charge in [0.15, 0.2) is 0 Å². The zero-order chi connectivity index (χ0) is 18.0. The molecule has 1 spiro atoms. The maximum Gasteiger partial charge on any atom is 0.322 e. The Kier molecular flexibility index (Phi) is 3.51. The van der Waals surface area contributed by atoms with Gasteiger partial charge in [0.2, 0.25) is 5.91 Å². The fraction of sp³-hybridized carbons (Fsp3) is 0.842. The second-order valence-electron chi connectivity index (χ2n) is 9.44. The van der Waals surface area contributed by atoms with E-state index >= 15 is 0 Å². The summed E-state index contributed by atoms with van der Waals surface area (Å²) >= 11 is 0. The van der Waals surface area contributed by atoms with Gasteiger partial charge in [0.05, 0.1) is 0 Å². The summed E-state index contributed by atoms with van der Waals surface area (Å²) in [6.45, 7) is 7.03. The van der Waals surface area contributed by atoms with Crippen molar-refractivity contribution in [2.75, 3.05) is 0 Å². The summed E-state index contributed by atoms with van der Waals surface area (Å²) in [4.78, 5) is 36.3. The molecule has 6 nitrogen and oxygen atoms in total. The van der Waals surface area contributed by atoms with Crippen LogP contribution in [-0.4, -0.2) is 29.4 Å². The molecule has 0 radical (unpaired) electrons. The average molecular weight is 347 g/mol. The van der Waals surface area contributed by atoms with Crippen LogP contribution < -0.4 is 16.0 Å². The van der Waals surface area contributed by atoms with Gasteiger partial charge in [-0.15, -0.1) is 0 Å². The van der Waals surface area contributed by atoms with Crippen LogP contribution in [0.5, 0.6) is 0 Å². The van der Waals surface area contributed by atoms with E-state index < -0.39 is 11.6 Å². The molecule has 0 aromatic rings. The number of carbonyl (C=O) groups is 3. The molecule has 4 fully saturated rings. The van der Waals surface area contributed by atoms with Crippen molar-refractivity contribution < 1.29 is 14.4 Å². The second-order valence-corrected chi connectivity index (χ2v) is 9.44. The molecule has 3 atom stereocenters. The molecule has 1 aliphatic heterocycles. The largest absolute Gasteiger partial charge is 0.353 e. The third-order valence-electron chi connectivity index (χ3n) is 8.33. The molecular formula is C19H29N3O3. The van der Waals surface area contributed by atoms with E-state index in [4.69, 9.17) is 0 Å². The molecule has 2 bridgehead atoms. The van der Waals surface area contributed by atoms with Crippen LogP contribution in [0.15, 0.2) is 0 Å². The van der Waals surface area contributed by atoms with E-state index in [1.54, 1.807) is 0 Å². The van der Waals surface area contributed by atoms with E-state index in [1.807, 2.05) is 0 Å². The van der Waals surface area contributed by atoms with Crippen molar-refractivity contribution in [1.29, 1.82) is 0 Å². The highest BCUT2D eigenvalue weighted by molar-refractivity contribution is 6.07. The first-order chi connectivity index (χ1) is 11.7. The normalized spacial score (nSPS) is 38.7. The lowest BCUT2D eigenvalue weighted by molar-refractivity contribution is -0.131. The van der Waals surface area contributed by atoms with E-state index in [9.17, 15) is 14.4 Å². The summed E-state index contributed by atoms with van der Waals surface area (Å²) in [5, 5.41) is 8.43. The number of urea groups is 1. The fourth-order valence-corrected chi connectivity index (χ4v) is 5.96. The molecule has 3 N–H and O–H groups in total. The highest BCUT2D eigenvalue weighted by Crippen LogP contribution is 2.65. The Balaban J connectivity index is 1.38. The average Bonchev–Trinajstić information content (AvgIpc) is 3.02. The van der Waals surface area contributed by atoms with Crippen LogP contribution in [0.1, 0.15) is 65.7 Å². The van der Waals surface area contributed by atoms with Crippen LogP contribution in [0.4, 0.5) is 4.79 Å². The van der Waals surface area contributed by atoms with Crippen molar-refractivity contribution in [2.45, 2.75) is 77.3 Å². The molecular weight excluding hydrogens is 318 g/mol. The Morgan fingerprint density at radius 3 is 2.24 bits per heavy atom. The van der Waals surface area contributed by atoms with Gasteiger partial charge < -0.3 is 10.6 Å². The smallest absolute Gasteiger partial charge is 0.322 e. The molecule has 4 aliphatic rings. The minimum absolute atomic E-state index is 0.0539. The van der Waals surface area contributed by atoms with Crippen LogP contribution in [0.2, 0.25) is 0 Å². The van der Waals surface area contributed by atoms with Gasteiger partial charge in [0.25, 0.3) is 5.91 Å². The van der Waals surface area contributed by atoms with Crippen molar-refractivity contribution in [1.82, 2.24) is 16.0 Å². The summed E-state index contributed by atoms with van der Waals surface area (Å²) in [7, 11) is 0. The fourth-order valence-electron chi connectivity index (χ4n) is 5.96. The minimum Gasteiger partial charge on any atom is -0.353 e. The van der Waals surface area contributed by atoms with Crippen molar-refractivity contribution in [3.05, 3.63) is 0 Å².